The number of aromatic nitrogens is 4. The van der Waals surface area contributed by atoms with Gasteiger partial charge in [0.1, 0.15) is 5.01 Å². The number of likely N-dealkylation sites (N-methyl/N-ethyl adjacent to an activating group) is 1. The van der Waals surface area contributed by atoms with E-state index in [1.54, 1.807) is 11.3 Å². The zero-order valence-corrected chi connectivity index (χ0v) is 11.7. The molecular weight excluding hydrogens is 246 g/mol. The molecule has 1 aliphatic carbocycles. The summed E-state index contributed by atoms with van der Waals surface area (Å²) in [7, 11) is 0. The largest absolute Gasteiger partial charge is 0.314 e. The Morgan fingerprint density at radius 1 is 1.44 bits per heavy atom. The van der Waals surface area contributed by atoms with Crippen LogP contribution in [-0.4, -0.2) is 32.4 Å². The fourth-order valence-corrected chi connectivity index (χ4v) is 3.33. The van der Waals surface area contributed by atoms with E-state index in [4.69, 9.17) is 0 Å². The molecule has 98 valence electrons. The molecule has 2 aromatic rings. The molecule has 5 nitrogen and oxygen atoms in total. The van der Waals surface area contributed by atoms with Crippen molar-refractivity contribution in [1.29, 1.82) is 0 Å². The normalized spacial score (nSPS) is 18.1. The molecule has 2 aromatic heterocycles. The molecular formula is C12H19N5S. The number of hydrogen-bond acceptors (Lipinski definition) is 5. The lowest BCUT2D eigenvalue weighted by molar-refractivity contribution is 0.394. The van der Waals surface area contributed by atoms with Gasteiger partial charge in [0.05, 0.1) is 0 Å². The van der Waals surface area contributed by atoms with Crippen LogP contribution in [-0.2, 0) is 6.42 Å². The zero-order valence-electron chi connectivity index (χ0n) is 10.9. The number of fused-ring (bicyclic) bond motifs is 1. The van der Waals surface area contributed by atoms with Gasteiger partial charge in [-0.05, 0) is 26.3 Å². The topological polar surface area (TPSA) is 55.1 Å². The highest BCUT2D eigenvalue weighted by atomic mass is 32.1. The van der Waals surface area contributed by atoms with Gasteiger partial charge in [0, 0.05) is 18.4 Å². The summed E-state index contributed by atoms with van der Waals surface area (Å²) in [6.07, 6.45) is 4.75. The van der Waals surface area contributed by atoms with Crippen molar-refractivity contribution < 1.29 is 0 Å². The first kappa shape index (κ1) is 12.0. The van der Waals surface area contributed by atoms with E-state index in [-0.39, 0.29) is 0 Å². The molecule has 1 saturated carbocycles. The third-order valence-electron chi connectivity index (χ3n) is 3.56. The highest BCUT2D eigenvalue weighted by Crippen LogP contribution is 2.35. The minimum absolute atomic E-state index is 0.464. The average Bonchev–Trinajstić information content (AvgIpc) is 2.78. The van der Waals surface area contributed by atoms with Crippen LogP contribution < -0.4 is 5.32 Å². The summed E-state index contributed by atoms with van der Waals surface area (Å²) < 4.78 is 1.96. The second-order valence-corrected chi connectivity index (χ2v) is 6.08. The van der Waals surface area contributed by atoms with Crippen molar-refractivity contribution in [3.8, 4) is 0 Å². The summed E-state index contributed by atoms with van der Waals surface area (Å²) in [5, 5.41) is 17.7. The van der Waals surface area contributed by atoms with E-state index < -0.39 is 0 Å². The van der Waals surface area contributed by atoms with Crippen LogP contribution in [0.1, 0.15) is 49.9 Å². The molecule has 0 amide bonds. The fraction of sp³-hybridized carbons (Fsp3) is 0.750. The standard InChI is InChI=1S/C12H19N5S/c1-3-13-8(2)7-10-16-17-11(9-5-4-6-9)14-15-12(17)18-10/h8-9,13H,3-7H2,1-2H3. The van der Waals surface area contributed by atoms with Gasteiger partial charge in [-0.15, -0.1) is 10.2 Å². The van der Waals surface area contributed by atoms with Gasteiger partial charge in [-0.1, -0.05) is 24.7 Å². The molecule has 3 rings (SSSR count). The molecule has 1 atom stereocenters. The first-order chi connectivity index (χ1) is 8.78. The minimum Gasteiger partial charge on any atom is -0.314 e. The lowest BCUT2D eigenvalue weighted by Gasteiger charge is -2.22. The predicted octanol–water partition coefficient (Wildman–Crippen LogP) is 1.99. The first-order valence-corrected chi connectivity index (χ1v) is 7.54. The van der Waals surface area contributed by atoms with Crippen LogP contribution in [0.5, 0.6) is 0 Å². The number of rotatable bonds is 5. The molecule has 0 radical (unpaired) electrons. The number of nitrogens with zero attached hydrogens (tertiary/aromatic N) is 4. The quantitative estimate of drug-likeness (QED) is 0.898. The molecule has 0 bridgehead atoms. The van der Waals surface area contributed by atoms with Crippen LogP contribution in [0.25, 0.3) is 4.96 Å². The van der Waals surface area contributed by atoms with Crippen molar-refractivity contribution in [2.24, 2.45) is 0 Å². The molecule has 1 fully saturated rings. The smallest absolute Gasteiger partial charge is 0.234 e. The maximum atomic E-state index is 4.67. The summed E-state index contributed by atoms with van der Waals surface area (Å²) in [5.41, 5.74) is 0. The molecule has 0 aromatic carbocycles. The second kappa shape index (κ2) is 4.93. The lowest BCUT2D eigenvalue weighted by atomic mass is 9.85. The van der Waals surface area contributed by atoms with Gasteiger partial charge in [-0.3, -0.25) is 0 Å². The van der Waals surface area contributed by atoms with Gasteiger partial charge < -0.3 is 5.32 Å². The monoisotopic (exact) mass is 265 g/mol. The van der Waals surface area contributed by atoms with Crippen LogP contribution >= 0.6 is 11.3 Å². The van der Waals surface area contributed by atoms with Crippen molar-refractivity contribution in [3.05, 3.63) is 10.8 Å². The third kappa shape index (κ3) is 2.14. The first-order valence-electron chi connectivity index (χ1n) is 6.72. The minimum atomic E-state index is 0.464. The Bertz CT molecular complexity index is 528. The van der Waals surface area contributed by atoms with Crippen LogP contribution in [0.15, 0.2) is 0 Å². The van der Waals surface area contributed by atoms with Crippen molar-refractivity contribution in [2.75, 3.05) is 6.54 Å². The summed E-state index contributed by atoms with van der Waals surface area (Å²) >= 11 is 1.66. The van der Waals surface area contributed by atoms with E-state index >= 15 is 0 Å². The van der Waals surface area contributed by atoms with E-state index in [2.05, 4.69) is 34.5 Å². The molecule has 18 heavy (non-hydrogen) atoms. The van der Waals surface area contributed by atoms with Gasteiger partial charge in [-0.2, -0.15) is 9.61 Å². The number of hydrogen-bond donors (Lipinski definition) is 1. The predicted molar refractivity (Wildman–Crippen MR) is 72.1 cm³/mol. The average molecular weight is 265 g/mol. The van der Waals surface area contributed by atoms with Gasteiger partial charge in [0.15, 0.2) is 5.82 Å². The van der Waals surface area contributed by atoms with E-state index in [1.165, 1.54) is 19.3 Å². The Hall–Kier alpha value is -1.01. The van der Waals surface area contributed by atoms with Crippen molar-refractivity contribution >= 4 is 16.3 Å². The third-order valence-corrected chi connectivity index (χ3v) is 4.48. The molecule has 0 aliphatic heterocycles. The molecule has 1 N–H and O–H groups in total. The molecule has 1 unspecified atom stereocenters. The van der Waals surface area contributed by atoms with E-state index in [9.17, 15) is 0 Å². The van der Waals surface area contributed by atoms with E-state index in [1.807, 2.05) is 4.52 Å². The Kier molecular flexibility index (Phi) is 3.30. The molecule has 1 aliphatic rings. The van der Waals surface area contributed by atoms with E-state index in [0.717, 1.165) is 28.8 Å². The summed E-state index contributed by atoms with van der Waals surface area (Å²) in [6, 6.07) is 0.464. The maximum Gasteiger partial charge on any atom is 0.234 e. The Labute approximate surface area is 111 Å². The van der Waals surface area contributed by atoms with Crippen LogP contribution in [0.3, 0.4) is 0 Å². The van der Waals surface area contributed by atoms with Crippen molar-refractivity contribution in [1.82, 2.24) is 25.1 Å². The summed E-state index contributed by atoms with van der Waals surface area (Å²) in [4.78, 5) is 0.940. The zero-order chi connectivity index (χ0) is 12.5. The summed E-state index contributed by atoms with van der Waals surface area (Å²) in [5.74, 6) is 1.65. The number of nitrogens with one attached hydrogen (secondary N) is 1. The molecule has 6 heteroatoms. The van der Waals surface area contributed by atoms with Crippen molar-refractivity contribution in [2.45, 2.75) is 51.5 Å². The van der Waals surface area contributed by atoms with E-state index in [0.29, 0.717) is 12.0 Å². The van der Waals surface area contributed by atoms with Crippen molar-refractivity contribution in [3.63, 3.8) is 0 Å². The molecule has 0 saturated heterocycles. The second-order valence-electron chi connectivity index (χ2n) is 5.04. The Balaban J connectivity index is 1.80. The maximum absolute atomic E-state index is 4.67. The van der Waals surface area contributed by atoms with Crippen LogP contribution in [0.4, 0.5) is 0 Å². The summed E-state index contributed by atoms with van der Waals surface area (Å²) in [6.45, 7) is 5.32. The Morgan fingerprint density at radius 2 is 2.28 bits per heavy atom. The highest BCUT2D eigenvalue weighted by molar-refractivity contribution is 7.16. The molecule has 0 spiro atoms. The fourth-order valence-electron chi connectivity index (χ4n) is 2.36. The SMILES string of the molecule is CCNC(C)Cc1nn2c(C3CCC3)nnc2s1. The lowest BCUT2D eigenvalue weighted by Crippen LogP contribution is -2.27. The molecule has 2 heterocycles. The van der Waals surface area contributed by atoms with Crippen LogP contribution in [0, 0.1) is 0 Å². The van der Waals surface area contributed by atoms with Gasteiger partial charge >= 0.3 is 0 Å². The Morgan fingerprint density at radius 3 is 2.94 bits per heavy atom. The van der Waals surface area contributed by atoms with Gasteiger partial charge in [-0.25, -0.2) is 0 Å². The van der Waals surface area contributed by atoms with Gasteiger partial charge in [0.2, 0.25) is 4.96 Å². The highest BCUT2D eigenvalue weighted by Gasteiger charge is 2.26. The van der Waals surface area contributed by atoms with Gasteiger partial charge in [0.25, 0.3) is 0 Å². The van der Waals surface area contributed by atoms with Crippen LogP contribution in [0.2, 0.25) is 0 Å².